The summed E-state index contributed by atoms with van der Waals surface area (Å²) in [5.74, 6) is 0. The number of anilines is 1. The van der Waals surface area contributed by atoms with Crippen molar-refractivity contribution in [2.24, 2.45) is 0 Å². The average molecular weight is 479 g/mol. The van der Waals surface area contributed by atoms with Crippen LogP contribution in [0.3, 0.4) is 0 Å². The van der Waals surface area contributed by atoms with E-state index >= 15 is 0 Å². The van der Waals surface area contributed by atoms with E-state index in [2.05, 4.69) is 10.3 Å². The zero-order valence-corrected chi connectivity index (χ0v) is 20.0. The SMILES string of the molecule is CCOC(=O)N1CCC(Nc2nc(-c3ccc(S(=O)(=O)N4CCCCC4)cc3)cs2)CC1. The van der Waals surface area contributed by atoms with Crippen molar-refractivity contribution in [3.05, 3.63) is 29.6 Å². The monoisotopic (exact) mass is 478 g/mol. The van der Waals surface area contributed by atoms with Crippen LogP contribution in [0.4, 0.5) is 9.93 Å². The van der Waals surface area contributed by atoms with Gasteiger partial charge in [-0.05, 0) is 44.7 Å². The maximum atomic E-state index is 12.8. The molecule has 10 heteroatoms. The molecule has 0 bridgehead atoms. The van der Waals surface area contributed by atoms with Crippen molar-refractivity contribution in [2.45, 2.75) is 50.0 Å². The second-order valence-electron chi connectivity index (χ2n) is 8.13. The highest BCUT2D eigenvalue weighted by atomic mass is 32.2. The number of hydrogen-bond acceptors (Lipinski definition) is 7. The van der Waals surface area contributed by atoms with Crippen LogP contribution in [0.1, 0.15) is 39.0 Å². The fraction of sp³-hybridized carbons (Fsp3) is 0.545. The first-order chi connectivity index (χ1) is 15.5. The van der Waals surface area contributed by atoms with Gasteiger partial charge in [-0.1, -0.05) is 18.6 Å². The second-order valence-corrected chi connectivity index (χ2v) is 10.9. The number of nitrogens with one attached hydrogen (secondary N) is 1. The molecule has 2 aliphatic heterocycles. The third kappa shape index (κ3) is 5.24. The van der Waals surface area contributed by atoms with Crippen LogP contribution in [0.25, 0.3) is 11.3 Å². The Labute approximate surface area is 193 Å². The molecule has 1 aromatic carbocycles. The molecule has 2 fully saturated rings. The zero-order chi connectivity index (χ0) is 22.6. The summed E-state index contributed by atoms with van der Waals surface area (Å²) in [7, 11) is -3.42. The largest absolute Gasteiger partial charge is 0.450 e. The van der Waals surface area contributed by atoms with Gasteiger partial charge in [0.25, 0.3) is 0 Å². The molecule has 0 aliphatic carbocycles. The van der Waals surface area contributed by atoms with Crippen molar-refractivity contribution in [3.8, 4) is 11.3 Å². The molecule has 32 heavy (non-hydrogen) atoms. The summed E-state index contributed by atoms with van der Waals surface area (Å²) in [5, 5.41) is 6.28. The van der Waals surface area contributed by atoms with Crippen LogP contribution in [0.5, 0.6) is 0 Å². The van der Waals surface area contributed by atoms with Crippen molar-refractivity contribution in [1.29, 1.82) is 0 Å². The normalized spacial score (nSPS) is 18.5. The predicted molar refractivity (Wildman–Crippen MR) is 125 cm³/mol. The number of thiazole rings is 1. The van der Waals surface area contributed by atoms with Gasteiger partial charge in [-0.3, -0.25) is 0 Å². The van der Waals surface area contributed by atoms with Crippen molar-refractivity contribution in [3.63, 3.8) is 0 Å². The number of amides is 1. The lowest BCUT2D eigenvalue weighted by atomic mass is 10.1. The number of carbonyl (C=O) groups excluding carboxylic acids is 1. The van der Waals surface area contributed by atoms with Crippen LogP contribution >= 0.6 is 11.3 Å². The van der Waals surface area contributed by atoms with Crippen LogP contribution < -0.4 is 5.32 Å². The first kappa shape index (κ1) is 23.0. The zero-order valence-electron chi connectivity index (χ0n) is 18.3. The summed E-state index contributed by atoms with van der Waals surface area (Å²) in [4.78, 5) is 18.6. The first-order valence-corrected chi connectivity index (χ1v) is 13.5. The van der Waals surface area contributed by atoms with Crippen LogP contribution in [0, 0.1) is 0 Å². The maximum absolute atomic E-state index is 12.8. The number of likely N-dealkylation sites (tertiary alicyclic amines) is 1. The molecule has 0 saturated carbocycles. The van der Waals surface area contributed by atoms with Gasteiger partial charge in [-0.15, -0.1) is 11.3 Å². The summed E-state index contributed by atoms with van der Waals surface area (Å²) in [6.07, 6.45) is 4.39. The Balaban J connectivity index is 1.35. The van der Waals surface area contributed by atoms with E-state index in [1.807, 2.05) is 24.4 Å². The summed E-state index contributed by atoms with van der Waals surface area (Å²) >= 11 is 1.53. The smallest absolute Gasteiger partial charge is 0.409 e. The molecule has 174 valence electrons. The Kier molecular flexibility index (Phi) is 7.32. The maximum Gasteiger partial charge on any atom is 0.409 e. The van der Waals surface area contributed by atoms with Gasteiger partial charge in [0.05, 0.1) is 17.2 Å². The Hall–Kier alpha value is -2.17. The van der Waals surface area contributed by atoms with Crippen LogP contribution in [0.15, 0.2) is 34.5 Å². The number of carbonyl (C=O) groups is 1. The molecule has 1 amide bonds. The minimum Gasteiger partial charge on any atom is -0.450 e. The van der Waals surface area contributed by atoms with Gasteiger partial charge in [-0.2, -0.15) is 4.31 Å². The molecule has 0 unspecified atom stereocenters. The Morgan fingerprint density at radius 1 is 1.12 bits per heavy atom. The van der Waals surface area contributed by atoms with Crippen LogP contribution in [-0.2, 0) is 14.8 Å². The number of hydrogen-bond donors (Lipinski definition) is 1. The lowest BCUT2D eigenvalue weighted by molar-refractivity contribution is 0.0983. The summed E-state index contributed by atoms with van der Waals surface area (Å²) in [5.41, 5.74) is 1.72. The second kappa shape index (κ2) is 10.2. The van der Waals surface area contributed by atoms with Gasteiger partial charge in [-0.25, -0.2) is 18.2 Å². The molecule has 0 radical (unpaired) electrons. The lowest BCUT2D eigenvalue weighted by Crippen LogP contribution is -2.42. The number of benzene rings is 1. The van der Waals surface area contributed by atoms with Crippen molar-refractivity contribution in [2.75, 3.05) is 38.1 Å². The molecule has 2 saturated heterocycles. The molecule has 2 aromatic rings. The minimum atomic E-state index is -3.42. The van der Waals surface area contributed by atoms with E-state index in [1.165, 1.54) is 11.3 Å². The standard InChI is InChI=1S/C22H30N4O4S2/c1-2-30-22(27)25-14-10-18(11-15-25)23-21-24-20(16-31-21)17-6-8-19(9-7-17)32(28,29)26-12-4-3-5-13-26/h6-9,16,18H,2-5,10-15H2,1H3,(H,23,24). The molecule has 0 spiro atoms. The van der Waals surface area contributed by atoms with E-state index in [0.29, 0.717) is 37.7 Å². The van der Waals surface area contributed by atoms with Gasteiger partial charge in [0.15, 0.2) is 5.13 Å². The third-order valence-electron chi connectivity index (χ3n) is 5.96. The van der Waals surface area contributed by atoms with Gasteiger partial charge in [0, 0.05) is 43.2 Å². The van der Waals surface area contributed by atoms with Crippen molar-refractivity contribution >= 4 is 32.6 Å². The number of ether oxygens (including phenoxy) is 1. The number of sulfonamides is 1. The van der Waals surface area contributed by atoms with Crippen LogP contribution in [-0.4, -0.2) is 67.5 Å². The fourth-order valence-corrected chi connectivity index (χ4v) is 6.44. The molecule has 2 aliphatic rings. The number of aromatic nitrogens is 1. The average Bonchev–Trinajstić information content (AvgIpc) is 3.29. The molecular weight excluding hydrogens is 448 g/mol. The van der Waals surface area contributed by atoms with E-state index in [9.17, 15) is 13.2 Å². The van der Waals surface area contributed by atoms with Gasteiger partial charge >= 0.3 is 6.09 Å². The Bertz CT molecular complexity index is 1010. The van der Waals surface area contributed by atoms with E-state index in [-0.39, 0.29) is 12.1 Å². The highest BCUT2D eigenvalue weighted by molar-refractivity contribution is 7.89. The Morgan fingerprint density at radius 2 is 1.81 bits per heavy atom. The summed E-state index contributed by atoms with van der Waals surface area (Å²) < 4.78 is 32.3. The highest BCUT2D eigenvalue weighted by Crippen LogP contribution is 2.28. The van der Waals surface area contributed by atoms with E-state index in [0.717, 1.165) is 48.5 Å². The summed E-state index contributed by atoms with van der Waals surface area (Å²) in [6, 6.07) is 7.27. The molecular formula is C22H30N4O4S2. The number of rotatable bonds is 6. The quantitative estimate of drug-likeness (QED) is 0.674. The van der Waals surface area contributed by atoms with Crippen LogP contribution in [0.2, 0.25) is 0 Å². The van der Waals surface area contributed by atoms with Gasteiger partial charge < -0.3 is 15.0 Å². The topological polar surface area (TPSA) is 91.8 Å². The van der Waals surface area contributed by atoms with Gasteiger partial charge in [0.1, 0.15) is 0 Å². The third-order valence-corrected chi connectivity index (χ3v) is 8.64. The van der Waals surface area contributed by atoms with Gasteiger partial charge in [0.2, 0.25) is 10.0 Å². The molecule has 1 aromatic heterocycles. The molecule has 1 N–H and O–H groups in total. The summed E-state index contributed by atoms with van der Waals surface area (Å²) in [6.45, 7) is 4.74. The number of piperidine rings is 2. The first-order valence-electron chi connectivity index (χ1n) is 11.2. The highest BCUT2D eigenvalue weighted by Gasteiger charge is 2.26. The minimum absolute atomic E-state index is 0.242. The van der Waals surface area contributed by atoms with E-state index in [1.54, 1.807) is 21.3 Å². The van der Waals surface area contributed by atoms with Crippen molar-refractivity contribution in [1.82, 2.24) is 14.2 Å². The van der Waals surface area contributed by atoms with E-state index in [4.69, 9.17) is 4.74 Å². The molecule has 8 nitrogen and oxygen atoms in total. The number of nitrogens with zero attached hydrogens (tertiary/aromatic N) is 3. The van der Waals surface area contributed by atoms with Crippen molar-refractivity contribution < 1.29 is 17.9 Å². The predicted octanol–water partition coefficient (Wildman–Crippen LogP) is 4.02. The molecule has 4 rings (SSSR count). The molecule has 3 heterocycles. The fourth-order valence-electron chi connectivity index (χ4n) is 4.12. The van der Waals surface area contributed by atoms with E-state index < -0.39 is 10.0 Å². The molecule has 0 atom stereocenters. The lowest BCUT2D eigenvalue weighted by Gasteiger charge is -2.31. The Morgan fingerprint density at radius 3 is 2.47 bits per heavy atom.